The quantitative estimate of drug-likeness (QED) is 0.785. The Bertz CT molecular complexity index is 705. The molecule has 1 aromatic carbocycles. The Morgan fingerprint density at radius 2 is 1.81 bits per heavy atom. The van der Waals surface area contributed by atoms with Crippen molar-refractivity contribution < 1.29 is 27.8 Å². The molecular formula is C19H24F2N2O4. The summed E-state index contributed by atoms with van der Waals surface area (Å²) in [7, 11) is 0. The van der Waals surface area contributed by atoms with Crippen molar-refractivity contribution >= 4 is 12.2 Å². The number of hydrogen-bond acceptors (Lipinski definition) is 4. The minimum Gasteiger partial charge on any atom is -0.445 e. The molecule has 2 aliphatic heterocycles. The minimum absolute atomic E-state index is 0.00884. The van der Waals surface area contributed by atoms with Crippen molar-refractivity contribution in [3.8, 4) is 0 Å². The lowest BCUT2D eigenvalue weighted by molar-refractivity contribution is -0.0321. The van der Waals surface area contributed by atoms with E-state index in [0.717, 1.165) is 10.5 Å². The number of alkyl halides is 2. The smallest absolute Gasteiger partial charge is 0.410 e. The number of benzene rings is 1. The molecule has 6 nitrogen and oxygen atoms in total. The Morgan fingerprint density at radius 3 is 2.44 bits per heavy atom. The Labute approximate surface area is 157 Å². The summed E-state index contributed by atoms with van der Waals surface area (Å²) in [6.07, 6.45) is -1.44. The lowest BCUT2D eigenvalue weighted by Gasteiger charge is -2.27. The summed E-state index contributed by atoms with van der Waals surface area (Å²) < 4.78 is 39.3. The van der Waals surface area contributed by atoms with Gasteiger partial charge in [0.05, 0.1) is 18.5 Å². The maximum absolute atomic E-state index is 14.4. The predicted molar refractivity (Wildman–Crippen MR) is 93.4 cm³/mol. The van der Waals surface area contributed by atoms with Gasteiger partial charge in [-0.05, 0) is 26.3 Å². The third-order valence-electron chi connectivity index (χ3n) is 4.70. The van der Waals surface area contributed by atoms with Gasteiger partial charge in [-0.3, -0.25) is 4.90 Å². The van der Waals surface area contributed by atoms with Crippen LogP contribution in [0.15, 0.2) is 30.3 Å². The highest BCUT2D eigenvalue weighted by molar-refractivity contribution is 5.71. The fourth-order valence-electron chi connectivity index (χ4n) is 3.46. The van der Waals surface area contributed by atoms with Crippen LogP contribution in [0, 0.1) is 5.92 Å². The zero-order valence-corrected chi connectivity index (χ0v) is 15.7. The monoisotopic (exact) mass is 382 g/mol. The summed E-state index contributed by atoms with van der Waals surface area (Å²) in [5, 5.41) is 0. The zero-order chi connectivity index (χ0) is 19.8. The van der Waals surface area contributed by atoms with E-state index in [1.54, 1.807) is 45.0 Å². The summed E-state index contributed by atoms with van der Waals surface area (Å²) >= 11 is 0. The van der Waals surface area contributed by atoms with Crippen molar-refractivity contribution in [3.63, 3.8) is 0 Å². The highest BCUT2D eigenvalue weighted by Crippen LogP contribution is 2.42. The zero-order valence-electron chi connectivity index (χ0n) is 15.7. The second-order valence-corrected chi connectivity index (χ2v) is 7.99. The van der Waals surface area contributed by atoms with Crippen LogP contribution in [0.25, 0.3) is 0 Å². The van der Waals surface area contributed by atoms with Crippen LogP contribution in [0.4, 0.5) is 18.4 Å². The van der Waals surface area contributed by atoms with Crippen LogP contribution in [-0.2, 0) is 16.1 Å². The molecule has 2 fully saturated rings. The molecule has 2 atom stereocenters. The lowest BCUT2D eigenvalue weighted by Crippen LogP contribution is -2.43. The molecule has 2 unspecified atom stereocenters. The highest BCUT2D eigenvalue weighted by atomic mass is 19.3. The first-order valence-electron chi connectivity index (χ1n) is 8.90. The van der Waals surface area contributed by atoms with Gasteiger partial charge in [0.15, 0.2) is 0 Å². The van der Waals surface area contributed by atoms with Crippen molar-refractivity contribution in [1.29, 1.82) is 0 Å². The number of likely N-dealkylation sites (tertiary alicyclic amines) is 2. The van der Waals surface area contributed by atoms with E-state index in [1.807, 2.05) is 6.07 Å². The summed E-state index contributed by atoms with van der Waals surface area (Å²) in [6.45, 7) is 4.31. The van der Waals surface area contributed by atoms with E-state index in [1.165, 1.54) is 4.90 Å². The van der Waals surface area contributed by atoms with Gasteiger partial charge in [-0.25, -0.2) is 18.4 Å². The van der Waals surface area contributed by atoms with E-state index >= 15 is 0 Å². The molecule has 0 saturated carbocycles. The molecule has 0 bridgehead atoms. The number of ether oxygens (including phenoxy) is 2. The minimum atomic E-state index is -3.08. The van der Waals surface area contributed by atoms with E-state index in [0.29, 0.717) is 0 Å². The van der Waals surface area contributed by atoms with Gasteiger partial charge >= 0.3 is 12.2 Å². The Morgan fingerprint density at radius 1 is 1.15 bits per heavy atom. The van der Waals surface area contributed by atoms with Gasteiger partial charge in [0.25, 0.3) is 5.92 Å². The van der Waals surface area contributed by atoms with E-state index in [-0.39, 0.29) is 19.7 Å². The molecule has 1 aromatic rings. The molecule has 0 aromatic heterocycles. The third kappa shape index (κ3) is 4.31. The summed E-state index contributed by atoms with van der Waals surface area (Å²) in [4.78, 5) is 26.9. The normalized spacial score (nSPS) is 23.9. The maximum Gasteiger partial charge on any atom is 0.410 e. The lowest BCUT2D eigenvalue weighted by atomic mass is 10.0. The van der Waals surface area contributed by atoms with E-state index < -0.39 is 42.2 Å². The largest absolute Gasteiger partial charge is 0.445 e. The first-order valence-corrected chi connectivity index (χ1v) is 8.90. The third-order valence-corrected chi connectivity index (χ3v) is 4.70. The molecule has 0 radical (unpaired) electrons. The number of halogens is 2. The van der Waals surface area contributed by atoms with Crippen LogP contribution in [0.1, 0.15) is 26.3 Å². The molecule has 2 heterocycles. The fraction of sp³-hybridized carbons (Fsp3) is 0.579. The molecule has 8 heteroatoms. The first-order chi connectivity index (χ1) is 12.6. The standard InChI is InChI=1S/C19H24F2N2O4/c1-18(2,3)27-16(24)22-9-14-15(10-22)23(12-19(14,20)21)17(25)26-11-13-7-5-4-6-8-13/h4-8,14-15H,9-12H2,1-3H3. The van der Waals surface area contributed by atoms with Crippen molar-refractivity contribution in [2.45, 2.75) is 44.9 Å². The van der Waals surface area contributed by atoms with E-state index in [2.05, 4.69) is 0 Å². The number of fused-ring (bicyclic) bond motifs is 1. The molecule has 148 valence electrons. The summed E-state index contributed by atoms with van der Waals surface area (Å²) in [5.74, 6) is -4.19. The molecule has 2 saturated heterocycles. The van der Waals surface area contributed by atoms with Gasteiger partial charge in [0.2, 0.25) is 0 Å². The van der Waals surface area contributed by atoms with Gasteiger partial charge in [-0.15, -0.1) is 0 Å². The highest BCUT2D eigenvalue weighted by Gasteiger charge is 2.60. The average molecular weight is 382 g/mol. The Kier molecular flexibility index (Phi) is 5.01. The molecule has 3 rings (SSSR count). The second-order valence-electron chi connectivity index (χ2n) is 7.99. The van der Waals surface area contributed by atoms with Crippen molar-refractivity contribution in [1.82, 2.24) is 9.80 Å². The number of carbonyl (C=O) groups excluding carboxylic acids is 2. The van der Waals surface area contributed by atoms with Gasteiger partial charge in [-0.2, -0.15) is 0 Å². The molecule has 27 heavy (non-hydrogen) atoms. The Balaban J connectivity index is 1.65. The molecule has 0 N–H and O–H groups in total. The van der Waals surface area contributed by atoms with Gasteiger partial charge in [-0.1, -0.05) is 30.3 Å². The van der Waals surface area contributed by atoms with Crippen LogP contribution in [0.2, 0.25) is 0 Å². The number of amides is 2. The van der Waals surface area contributed by atoms with Crippen LogP contribution in [0.3, 0.4) is 0 Å². The molecular weight excluding hydrogens is 358 g/mol. The van der Waals surface area contributed by atoms with Gasteiger partial charge in [0.1, 0.15) is 12.2 Å². The topological polar surface area (TPSA) is 59.1 Å². The molecule has 2 amide bonds. The Hall–Kier alpha value is -2.38. The van der Waals surface area contributed by atoms with E-state index in [4.69, 9.17) is 9.47 Å². The van der Waals surface area contributed by atoms with E-state index in [9.17, 15) is 18.4 Å². The number of rotatable bonds is 2. The molecule has 0 spiro atoms. The SMILES string of the molecule is CC(C)(C)OC(=O)N1CC2C(C1)C(F)(F)CN2C(=O)OCc1ccccc1. The van der Waals surface area contributed by atoms with Crippen LogP contribution < -0.4 is 0 Å². The van der Waals surface area contributed by atoms with Crippen molar-refractivity contribution in [2.75, 3.05) is 19.6 Å². The van der Waals surface area contributed by atoms with Crippen molar-refractivity contribution in [2.24, 2.45) is 5.92 Å². The number of hydrogen-bond donors (Lipinski definition) is 0. The average Bonchev–Trinajstić information content (AvgIpc) is 3.12. The van der Waals surface area contributed by atoms with Gasteiger partial charge in [0, 0.05) is 13.1 Å². The number of nitrogens with zero attached hydrogens (tertiary/aromatic N) is 2. The fourth-order valence-corrected chi connectivity index (χ4v) is 3.46. The predicted octanol–water partition coefficient (Wildman–Crippen LogP) is 3.51. The summed E-state index contributed by atoms with van der Waals surface area (Å²) in [6, 6.07) is 8.23. The summed E-state index contributed by atoms with van der Waals surface area (Å²) in [5.41, 5.74) is 0.0566. The molecule has 2 aliphatic rings. The first kappa shape index (κ1) is 19.4. The van der Waals surface area contributed by atoms with Gasteiger partial charge < -0.3 is 14.4 Å². The second kappa shape index (κ2) is 6.98. The maximum atomic E-state index is 14.4. The van der Waals surface area contributed by atoms with Crippen molar-refractivity contribution in [3.05, 3.63) is 35.9 Å². The van der Waals surface area contributed by atoms with Crippen LogP contribution in [-0.4, -0.2) is 59.2 Å². The van der Waals surface area contributed by atoms with Crippen LogP contribution in [0.5, 0.6) is 0 Å². The van der Waals surface area contributed by atoms with Crippen LogP contribution >= 0.6 is 0 Å². The number of carbonyl (C=O) groups is 2. The molecule has 0 aliphatic carbocycles.